The third-order valence-corrected chi connectivity index (χ3v) is 6.28. The van der Waals surface area contributed by atoms with E-state index in [1.165, 1.54) is 0 Å². The highest BCUT2D eigenvalue weighted by Crippen LogP contribution is 2.28. The lowest BCUT2D eigenvalue weighted by molar-refractivity contribution is -0.134. The molecule has 1 fully saturated rings. The molecule has 0 saturated carbocycles. The summed E-state index contributed by atoms with van der Waals surface area (Å²) in [5.74, 6) is -0.300. The number of halogens is 1. The Bertz CT molecular complexity index is 1230. The maximum Gasteiger partial charge on any atom is 0.325 e. The molecule has 1 saturated heterocycles. The summed E-state index contributed by atoms with van der Waals surface area (Å²) in [6, 6.07) is 22.9. The lowest BCUT2D eigenvalue weighted by Crippen LogP contribution is -2.47. The first kappa shape index (κ1) is 24.3. The first-order chi connectivity index (χ1) is 16.8. The number of nitrogens with zero attached hydrogens (tertiary/aromatic N) is 1. The molecule has 4 amide bonds. The van der Waals surface area contributed by atoms with Gasteiger partial charge in [-0.1, -0.05) is 72.3 Å². The van der Waals surface area contributed by atoms with Gasteiger partial charge >= 0.3 is 6.03 Å². The fourth-order valence-electron chi connectivity index (χ4n) is 4.25. The van der Waals surface area contributed by atoms with Gasteiger partial charge in [0.05, 0.1) is 13.2 Å². The molecular formula is C27H26ClN3O4. The number of carbonyl (C=O) groups is 3. The molecule has 3 aromatic rings. The molecule has 2 N–H and O–H groups in total. The summed E-state index contributed by atoms with van der Waals surface area (Å²) >= 11 is 6.03. The summed E-state index contributed by atoms with van der Waals surface area (Å²) in [5.41, 5.74) is 1.28. The molecule has 0 radical (unpaired) electrons. The van der Waals surface area contributed by atoms with Crippen molar-refractivity contribution in [2.24, 2.45) is 0 Å². The molecule has 35 heavy (non-hydrogen) atoms. The van der Waals surface area contributed by atoms with E-state index >= 15 is 0 Å². The summed E-state index contributed by atoms with van der Waals surface area (Å²) < 4.78 is 5.38. The van der Waals surface area contributed by atoms with Gasteiger partial charge in [-0.25, -0.2) is 4.79 Å². The molecule has 1 heterocycles. The van der Waals surface area contributed by atoms with Crippen molar-refractivity contribution in [3.63, 3.8) is 0 Å². The van der Waals surface area contributed by atoms with Crippen LogP contribution in [-0.4, -0.2) is 41.9 Å². The summed E-state index contributed by atoms with van der Waals surface area (Å²) in [5, 5.41) is 6.29. The zero-order chi connectivity index (χ0) is 25.0. The second-order valence-corrected chi connectivity index (χ2v) is 9.04. The van der Waals surface area contributed by atoms with Crippen LogP contribution in [0.25, 0.3) is 0 Å². The van der Waals surface area contributed by atoms with Crippen LogP contribution in [0.4, 0.5) is 4.79 Å². The fourth-order valence-corrected chi connectivity index (χ4v) is 4.38. The molecular weight excluding hydrogens is 466 g/mol. The number of amides is 4. The van der Waals surface area contributed by atoms with Crippen LogP contribution in [0.2, 0.25) is 5.02 Å². The van der Waals surface area contributed by atoms with Crippen molar-refractivity contribution < 1.29 is 19.1 Å². The highest BCUT2D eigenvalue weighted by atomic mass is 35.5. The standard InChI is InChI=1S/C27H26ClN3O4/c1-27(16-20-10-6-7-11-22(20)35-2)25(33)31(26(34)30-27)17-23(32)29-24(18-8-4-3-5-9-18)19-12-14-21(28)15-13-19/h3-15,24H,16-17H2,1-2H3,(H,29,32)(H,30,34)/t24-,27-/m1/s1. The Kier molecular flexibility index (Phi) is 7.07. The molecule has 7 nitrogen and oxygen atoms in total. The maximum absolute atomic E-state index is 13.2. The number of hydrogen-bond donors (Lipinski definition) is 2. The van der Waals surface area contributed by atoms with E-state index in [1.54, 1.807) is 32.2 Å². The largest absolute Gasteiger partial charge is 0.496 e. The lowest BCUT2D eigenvalue weighted by Gasteiger charge is -2.23. The van der Waals surface area contributed by atoms with Crippen molar-refractivity contribution in [1.82, 2.24) is 15.5 Å². The number of urea groups is 1. The van der Waals surface area contributed by atoms with Crippen LogP contribution in [-0.2, 0) is 16.0 Å². The molecule has 0 aromatic heterocycles. The van der Waals surface area contributed by atoms with Gasteiger partial charge < -0.3 is 15.4 Å². The number of rotatable bonds is 8. The van der Waals surface area contributed by atoms with E-state index in [-0.39, 0.29) is 6.42 Å². The van der Waals surface area contributed by atoms with Gasteiger partial charge in [0, 0.05) is 11.4 Å². The van der Waals surface area contributed by atoms with E-state index in [2.05, 4.69) is 10.6 Å². The van der Waals surface area contributed by atoms with Crippen molar-refractivity contribution >= 4 is 29.4 Å². The van der Waals surface area contributed by atoms with E-state index in [4.69, 9.17) is 16.3 Å². The van der Waals surface area contributed by atoms with Gasteiger partial charge in [-0.15, -0.1) is 0 Å². The first-order valence-corrected chi connectivity index (χ1v) is 11.5. The molecule has 0 unspecified atom stereocenters. The predicted molar refractivity (Wildman–Crippen MR) is 133 cm³/mol. The minimum absolute atomic E-state index is 0.233. The van der Waals surface area contributed by atoms with Gasteiger partial charge in [0.1, 0.15) is 17.8 Å². The predicted octanol–water partition coefficient (Wildman–Crippen LogP) is 4.11. The van der Waals surface area contributed by atoms with Crippen LogP contribution >= 0.6 is 11.6 Å². The molecule has 0 spiro atoms. The van der Waals surface area contributed by atoms with Crippen LogP contribution in [0, 0.1) is 0 Å². The topological polar surface area (TPSA) is 87.7 Å². The van der Waals surface area contributed by atoms with Gasteiger partial charge in [0.25, 0.3) is 5.91 Å². The van der Waals surface area contributed by atoms with Crippen LogP contribution in [0.1, 0.15) is 29.7 Å². The summed E-state index contributed by atoms with van der Waals surface area (Å²) in [4.78, 5) is 40.0. The third kappa shape index (κ3) is 5.30. The van der Waals surface area contributed by atoms with Crippen molar-refractivity contribution in [1.29, 1.82) is 0 Å². The number of para-hydroxylation sites is 1. The Morgan fingerprint density at radius 1 is 1.00 bits per heavy atom. The number of benzene rings is 3. The fraction of sp³-hybridized carbons (Fsp3) is 0.222. The van der Waals surface area contributed by atoms with E-state index in [0.29, 0.717) is 10.8 Å². The van der Waals surface area contributed by atoms with Crippen LogP contribution in [0.15, 0.2) is 78.9 Å². The van der Waals surface area contributed by atoms with Gasteiger partial charge in [0.15, 0.2) is 0 Å². The smallest absolute Gasteiger partial charge is 0.325 e. The molecule has 1 aliphatic rings. The van der Waals surface area contributed by atoms with Crippen LogP contribution in [0.3, 0.4) is 0 Å². The number of nitrogens with one attached hydrogen (secondary N) is 2. The zero-order valence-electron chi connectivity index (χ0n) is 19.5. The lowest BCUT2D eigenvalue weighted by atomic mass is 9.92. The normalized spacial score (nSPS) is 18.2. The zero-order valence-corrected chi connectivity index (χ0v) is 20.2. The van der Waals surface area contributed by atoms with Gasteiger partial charge in [-0.05, 0) is 41.8 Å². The number of carbonyl (C=O) groups excluding carboxylic acids is 3. The van der Waals surface area contributed by atoms with E-state index in [1.807, 2.05) is 60.7 Å². The minimum Gasteiger partial charge on any atom is -0.496 e. The summed E-state index contributed by atoms with van der Waals surface area (Å²) in [6.07, 6.45) is 0.233. The SMILES string of the molecule is COc1ccccc1C[C@@]1(C)NC(=O)N(CC(=O)N[C@H](c2ccccc2)c2ccc(Cl)cc2)C1=O. The number of ether oxygens (including phenoxy) is 1. The Morgan fingerprint density at radius 3 is 2.31 bits per heavy atom. The molecule has 4 rings (SSSR count). The maximum atomic E-state index is 13.2. The average Bonchev–Trinajstić information content (AvgIpc) is 3.06. The van der Waals surface area contributed by atoms with Crippen molar-refractivity contribution in [2.75, 3.05) is 13.7 Å². The van der Waals surface area contributed by atoms with Crippen LogP contribution in [0.5, 0.6) is 5.75 Å². The molecule has 0 aliphatic carbocycles. The molecule has 8 heteroatoms. The van der Waals surface area contributed by atoms with Crippen molar-refractivity contribution in [2.45, 2.75) is 24.9 Å². The van der Waals surface area contributed by atoms with Gasteiger partial charge in [-0.3, -0.25) is 14.5 Å². The summed E-state index contributed by atoms with van der Waals surface area (Å²) in [7, 11) is 1.55. The highest BCUT2D eigenvalue weighted by Gasteiger charge is 2.48. The molecule has 2 atom stereocenters. The Hall–Kier alpha value is -3.84. The highest BCUT2D eigenvalue weighted by molar-refractivity contribution is 6.30. The number of hydrogen-bond acceptors (Lipinski definition) is 4. The molecule has 180 valence electrons. The Labute approximate surface area is 209 Å². The van der Waals surface area contributed by atoms with E-state index in [9.17, 15) is 14.4 Å². The first-order valence-electron chi connectivity index (χ1n) is 11.2. The second-order valence-electron chi connectivity index (χ2n) is 8.60. The molecule has 1 aliphatic heterocycles. The molecule has 0 bridgehead atoms. The van der Waals surface area contributed by atoms with Crippen molar-refractivity contribution in [3.8, 4) is 5.75 Å². The number of methoxy groups -OCH3 is 1. The van der Waals surface area contributed by atoms with Gasteiger partial charge in [0.2, 0.25) is 5.91 Å². The van der Waals surface area contributed by atoms with E-state index < -0.39 is 36.0 Å². The van der Waals surface area contributed by atoms with E-state index in [0.717, 1.165) is 21.6 Å². The minimum atomic E-state index is -1.19. The second kappa shape index (κ2) is 10.2. The quantitative estimate of drug-likeness (QED) is 0.464. The molecule has 3 aromatic carbocycles. The summed E-state index contributed by atoms with van der Waals surface area (Å²) in [6.45, 7) is 1.25. The third-order valence-electron chi connectivity index (χ3n) is 6.02. The van der Waals surface area contributed by atoms with Crippen molar-refractivity contribution in [3.05, 3.63) is 101 Å². The Balaban J connectivity index is 1.51. The van der Waals surface area contributed by atoms with Gasteiger partial charge in [-0.2, -0.15) is 0 Å². The van der Waals surface area contributed by atoms with Crippen LogP contribution < -0.4 is 15.4 Å². The monoisotopic (exact) mass is 491 g/mol. The average molecular weight is 492 g/mol. The number of imide groups is 1. The Morgan fingerprint density at radius 2 is 1.63 bits per heavy atom.